The Kier molecular flexibility index (Phi) is 5.83. The van der Waals surface area contributed by atoms with Crippen LogP contribution in [0.3, 0.4) is 0 Å². The first-order valence-electron chi connectivity index (χ1n) is 8.62. The van der Waals surface area contributed by atoms with E-state index in [4.69, 9.17) is 5.73 Å². The second kappa shape index (κ2) is 8.08. The van der Waals surface area contributed by atoms with E-state index in [-0.39, 0.29) is 17.6 Å². The van der Waals surface area contributed by atoms with Gasteiger partial charge in [-0.1, -0.05) is 19.1 Å². The number of nitrogens with zero attached hydrogens (tertiary/aromatic N) is 2. The number of halogens is 1. The van der Waals surface area contributed by atoms with Crippen molar-refractivity contribution in [2.24, 2.45) is 11.7 Å². The van der Waals surface area contributed by atoms with E-state index >= 15 is 0 Å². The van der Waals surface area contributed by atoms with Gasteiger partial charge in [0.1, 0.15) is 5.82 Å². The van der Waals surface area contributed by atoms with Crippen molar-refractivity contribution in [1.29, 1.82) is 0 Å². The number of hydrogen-bond donors (Lipinski definition) is 1. The van der Waals surface area contributed by atoms with Crippen LogP contribution in [-0.2, 0) is 11.3 Å². The topological polar surface area (TPSA) is 49.6 Å². The summed E-state index contributed by atoms with van der Waals surface area (Å²) in [5.41, 5.74) is 6.51. The molecule has 0 radical (unpaired) electrons. The fraction of sp³-hybridized carbons (Fsp3) is 0.421. The van der Waals surface area contributed by atoms with Crippen LogP contribution < -0.4 is 5.73 Å². The summed E-state index contributed by atoms with van der Waals surface area (Å²) in [6, 6.07) is 10.9. The molecule has 134 valence electrons. The van der Waals surface area contributed by atoms with Gasteiger partial charge >= 0.3 is 0 Å². The van der Waals surface area contributed by atoms with Gasteiger partial charge in [-0.25, -0.2) is 4.39 Å². The fourth-order valence-corrected chi connectivity index (χ4v) is 4.07. The summed E-state index contributed by atoms with van der Waals surface area (Å²) >= 11 is 1.70. The molecule has 6 heteroatoms. The fourth-order valence-electron chi connectivity index (χ4n) is 3.02. The van der Waals surface area contributed by atoms with Crippen LogP contribution >= 0.6 is 11.3 Å². The van der Waals surface area contributed by atoms with Crippen LogP contribution in [-0.4, -0.2) is 48.4 Å². The number of piperazine rings is 1. The number of hydrogen-bond acceptors (Lipinski definition) is 4. The molecule has 3 rings (SSSR count). The average molecular weight is 361 g/mol. The highest BCUT2D eigenvalue weighted by atomic mass is 32.1. The molecular weight excluding hydrogens is 337 g/mol. The molecule has 2 aromatic rings. The molecule has 1 aliphatic rings. The first-order valence-corrected chi connectivity index (χ1v) is 9.44. The van der Waals surface area contributed by atoms with E-state index in [1.54, 1.807) is 23.5 Å². The summed E-state index contributed by atoms with van der Waals surface area (Å²) in [7, 11) is 0. The van der Waals surface area contributed by atoms with Gasteiger partial charge in [0, 0.05) is 54.9 Å². The second-order valence-electron chi connectivity index (χ2n) is 6.51. The Bertz CT molecular complexity index is 725. The minimum absolute atomic E-state index is 0.0994. The van der Waals surface area contributed by atoms with E-state index in [0.717, 1.165) is 43.2 Å². The number of thiophene rings is 1. The van der Waals surface area contributed by atoms with Crippen molar-refractivity contribution >= 4 is 17.2 Å². The first-order chi connectivity index (χ1) is 12.1. The van der Waals surface area contributed by atoms with Crippen molar-refractivity contribution in [3.8, 4) is 10.4 Å². The average Bonchev–Trinajstić information content (AvgIpc) is 3.09. The van der Waals surface area contributed by atoms with Crippen molar-refractivity contribution in [1.82, 2.24) is 9.80 Å². The molecule has 1 saturated heterocycles. The third kappa shape index (κ3) is 4.45. The van der Waals surface area contributed by atoms with Gasteiger partial charge < -0.3 is 10.6 Å². The molecule has 25 heavy (non-hydrogen) atoms. The maximum absolute atomic E-state index is 13.4. The zero-order valence-corrected chi connectivity index (χ0v) is 15.3. The monoisotopic (exact) mass is 361 g/mol. The third-order valence-corrected chi connectivity index (χ3v) is 5.73. The highest BCUT2D eigenvalue weighted by Crippen LogP contribution is 2.29. The molecule has 1 aromatic heterocycles. The highest BCUT2D eigenvalue weighted by Gasteiger charge is 2.24. The minimum atomic E-state index is -0.208. The van der Waals surface area contributed by atoms with E-state index < -0.39 is 0 Å². The Morgan fingerprint density at radius 3 is 2.68 bits per heavy atom. The molecule has 1 aliphatic heterocycles. The molecule has 2 heterocycles. The van der Waals surface area contributed by atoms with Crippen LogP contribution in [0.2, 0.25) is 0 Å². The van der Waals surface area contributed by atoms with E-state index in [0.29, 0.717) is 6.54 Å². The minimum Gasteiger partial charge on any atom is -0.340 e. The van der Waals surface area contributed by atoms with Crippen molar-refractivity contribution in [2.45, 2.75) is 13.5 Å². The molecule has 2 N–H and O–H groups in total. The summed E-state index contributed by atoms with van der Waals surface area (Å²) in [5.74, 6) is -0.149. The molecule has 1 atom stereocenters. The molecule has 1 fully saturated rings. The lowest BCUT2D eigenvalue weighted by molar-refractivity contribution is -0.136. The third-order valence-electron chi connectivity index (χ3n) is 4.61. The normalized spacial score (nSPS) is 16.8. The van der Waals surface area contributed by atoms with Crippen LogP contribution in [0.25, 0.3) is 10.4 Å². The Morgan fingerprint density at radius 2 is 2.00 bits per heavy atom. The molecule has 4 nitrogen and oxygen atoms in total. The van der Waals surface area contributed by atoms with Crippen molar-refractivity contribution < 1.29 is 9.18 Å². The smallest absolute Gasteiger partial charge is 0.226 e. The zero-order valence-electron chi connectivity index (χ0n) is 14.5. The summed E-state index contributed by atoms with van der Waals surface area (Å²) in [6.07, 6.45) is 0. The summed E-state index contributed by atoms with van der Waals surface area (Å²) in [4.78, 5) is 18.8. The van der Waals surface area contributed by atoms with Crippen LogP contribution in [0.15, 0.2) is 36.4 Å². The Labute approximate surface area is 152 Å². The number of nitrogens with two attached hydrogens (primary N) is 1. The first kappa shape index (κ1) is 18.0. The molecule has 0 spiro atoms. The van der Waals surface area contributed by atoms with E-state index in [2.05, 4.69) is 17.0 Å². The van der Waals surface area contributed by atoms with Crippen LogP contribution in [0.4, 0.5) is 4.39 Å². The van der Waals surface area contributed by atoms with Gasteiger partial charge in [-0.3, -0.25) is 9.69 Å². The van der Waals surface area contributed by atoms with Gasteiger partial charge in [-0.2, -0.15) is 0 Å². The maximum Gasteiger partial charge on any atom is 0.226 e. The predicted molar refractivity (Wildman–Crippen MR) is 99.8 cm³/mol. The van der Waals surface area contributed by atoms with Crippen molar-refractivity contribution in [3.05, 3.63) is 47.1 Å². The predicted octanol–water partition coefficient (Wildman–Crippen LogP) is 2.79. The van der Waals surface area contributed by atoms with Gasteiger partial charge in [-0.15, -0.1) is 11.3 Å². The molecule has 1 unspecified atom stereocenters. The largest absolute Gasteiger partial charge is 0.340 e. The Morgan fingerprint density at radius 1 is 1.24 bits per heavy atom. The lowest BCUT2D eigenvalue weighted by atomic mass is 10.1. The SMILES string of the molecule is CC(CN)C(=O)N1CCN(Cc2ccc(-c3cccc(F)c3)s2)CC1. The van der Waals surface area contributed by atoms with Gasteiger partial charge in [0.2, 0.25) is 5.91 Å². The number of amides is 1. The second-order valence-corrected chi connectivity index (χ2v) is 7.68. The van der Waals surface area contributed by atoms with Crippen LogP contribution in [0, 0.1) is 11.7 Å². The van der Waals surface area contributed by atoms with E-state index in [1.165, 1.54) is 10.9 Å². The molecule has 0 saturated carbocycles. The lowest BCUT2D eigenvalue weighted by Gasteiger charge is -2.35. The van der Waals surface area contributed by atoms with E-state index in [1.807, 2.05) is 17.9 Å². The van der Waals surface area contributed by atoms with Crippen LogP contribution in [0.5, 0.6) is 0 Å². The van der Waals surface area contributed by atoms with Gasteiger partial charge in [-0.05, 0) is 29.8 Å². The number of carbonyl (C=O) groups is 1. The Hall–Kier alpha value is -1.76. The van der Waals surface area contributed by atoms with Crippen molar-refractivity contribution in [3.63, 3.8) is 0 Å². The summed E-state index contributed by atoms with van der Waals surface area (Å²) < 4.78 is 13.4. The Balaban J connectivity index is 1.55. The van der Waals surface area contributed by atoms with Crippen LogP contribution in [0.1, 0.15) is 11.8 Å². The zero-order chi connectivity index (χ0) is 17.8. The standard InChI is InChI=1S/C19H24FN3OS/c1-14(12-21)19(24)23-9-7-22(8-10-23)13-17-5-6-18(25-17)15-3-2-4-16(20)11-15/h2-6,11,14H,7-10,12-13,21H2,1H3. The van der Waals surface area contributed by atoms with Gasteiger partial charge in [0.25, 0.3) is 0 Å². The van der Waals surface area contributed by atoms with Crippen molar-refractivity contribution in [2.75, 3.05) is 32.7 Å². The quantitative estimate of drug-likeness (QED) is 0.891. The van der Waals surface area contributed by atoms with Gasteiger partial charge in [0.05, 0.1) is 0 Å². The number of rotatable bonds is 5. The molecule has 0 aliphatic carbocycles. The van der Waals surface area contributed by atoms with Gasteiger partial charge in [0.15, 0.2) is 0 Å². The molecular formula is C19H24FN3OS. The highest BCUT2D eigenvalue weighted by molar-refractivity contribution is 7.15. The number of benzene rings is 1. The summed E-state index contributed by atoms with van der Waals surface area (Å²) in [5, 5.41) is 0. The molecule has 0 bridgehead atoms. The summed E-state index contributed by atoms with van der Waals surface area (Å²) in [6.45, 7) is 6.41. The molecule has 1 amide bonds. The molecule has 1 aromatic carbocycles. The lowest BCUT2D eigenvalue weighted by Crippen LogP contribution is -2.50. The van der Waals surface area contributed by atoms with E-state index in [9.17, 15) is 9.18 Å². The maximum atomic E-state index is 13.4. The number of carbonyl (C=O) groups excluding carboxylic acids is 1.